The van der Waals surface area contributed by atoms with Crippen LogP contribution in [-0.2, 0) is 4.79 Å². The molecule has 9 nitrogen and oxygen atoms in total. The maximum Gasteiger partial charge on any atom is 0.287 e. The SMILES string of the molecule is COc1ccc(/C=C(/NC(=O)c2ccccc2)C(=O)N/N=C/C=C\c2ccc3c(c2)OCO3)cc1OC. The number of nitrogens with zero attached hydrogens (tertiary/aromatic N) is 1. The fourth-order valence-corrected chi connectivity index (χ4v) is 3.42. The summed E-state index contributed by atoms with van der Waals surface area (Å²) in [6.45, 7) is 0.204. The van der Waals surface area contributed by atoms with E-state index in [2.05, 4.69) is 15.8 Å². The Morgan fingerprint density at radius 3 is 2.43 bits per heavy atom. The summed E-state index contributed by atoms with van der Waals surface area (Å²) in [5.74, 6) is 1.35. The molecule has 2 N–H and O–H groups in total. The highest BCUT2D eigenvalue weighted by atomic mass is 16.7. The van der Waals surface area contributed by atoms with Crippen molar-refractivity contribution in [3.8, 4) is 23.0 Å². The first-order valence-corrected chi connectivity index (χ1v) is 11.3. The molecule has 0 radical (unpaired) electrons. The fourth-order valence-electron chi connectivity index (χ4n) is 3.42. The molecule has 3 aromatic rings. The monoisotopic (exact) mass is 499 g/mol. The molecule has 1 aliphatic heterocycles. The van der Waals surface area contributed by atoms with Gasteiger partial charge < -0.3 is 24.3 Å². The summed E-state index contributed by atoms with van der Waals surface area (Å²) in [5, 5.41) is 6.62. The lowest BCUT2D eigenvalue weighted by atomic mass is 10.1. The van der Waals surface area contributed by atoms with Gasteiger partial charge in [0.2, 0.25) is 6.79 Å². The normalized spacial score (nSPS) is 12.5. The summed E-state index contributed by atoms with van der Waals surface area (Å²) in [6.07, 6.45) is 6.42. The average Bonchev–Trinajstić information content (AvgIpc) is 3.40. The van der Waals surface area contributed by atoms with Crippen molar-refractivity contribution in [3.05, 3.63) is 95.2 Å². The minimum Gasteiger partial charge on any atom is -0.493 e. The van der Waals surface area contributed by atoms with E-state index in [-0.39, 0.29) is 12.5 Å². The molecular weight excluding hydrogens is 474 g/mol. The second kappa shape index (κ2) is 12.1. The van der Waals surface area contributed by atoms with E-state index in [0.717, 1.165) is 5.56 Å². The predicted molar refractivity (Wildman–Crippen MR) is 140 cm³/mol. The number of amides is 2. The molecule has 0 atom stereocenters. The highest BCUT2D eigenvalue weighted by Crippen LogP contribution is 2.32. The van der Waals surface area contributed by atoms with Gasteiger partial charge in [-0.05, 0) is 59.7 Å². The van der Waals surface area contributed by atoms with Crippen molar-refractivity contribution in [3.63, 3.8) is 0 Å². The van der Waals surface area contributed by atoms with E-state index in [4.69, 9.17) is 18.9 Å². The van der Waals surface area contributed by atoms with Gasteiger partial charge in [0.1, 0.15) is 5.70 Å². The lowest BCUT2D eigenvalue weighted by Crippen LogP contribution is -2.32. The van der Waals surface area contributed by atoms with Crippen LogP contribution in [-0.4, -0.2) is 39.0 Å². The van der Waals surface area contributed by atoms with Gasteiger partial charge in [0, 0.05) is 11.8 Å². The van der Waals surface area contributed by atoms with Gasteiger partial charge in [-0.2, -0.15) is 5.10 Å². The molecule has 0 bridgehead atoms. The van der Waals surface area contributed by atoms with Crippen LogP contribution in [0.3, 0.4) is 0 Å². The number of allylic oxidation sites excluding steroid dienone is 1. The van der Waals surface area contributed by atoms with Crippen molar-refractivity contribution < 1.29 is 28.5 Å². The van der Waals surface area contributed by atoms with Crippen molar-refractivity contribution in [1.82, 2.24) is 10.7 Å². The van der Waals surface area contributed by atoms with Crippen LogP contribution in [0.1, 0.15) is 21.5 Å². The quantitative estimate of drug-likeness (QED) is 0.262. The number of methoxy groups -OCH3 is 2. The standard InChI is InChI=1S/C28H25N3O6/c1-34-23-12-11-20(17-25(23)35-2)15-22(30-27(32)21-8-4-3-5-9-21)28(33)31-29-14-6-7-19-10-13-24-26(16-19)37-18-36-24/h3-17H,18H2,1-2H3,(H,30,32)(H,31,33)/b7-6-,22-15+,29-14+. The largest absolute Gasteiger partial charge is 0.493 e. The molecule has 4 rings (SSSR count). The number of hydrogen-bond acceptors (Lipinski definition) is 7. The fraction of sp³-hybridized carbons (Fsp3) is 0.107. The van der Waals surface area contributed by atoms with Gasteiger partial charge in [-0.1, -0.05) is 36.4 Å². The van der Waals surface area contributed by atoms with Gasteiger partial charge in [0.15, 0.2) is 23.0 Å². The number of rotatable bonds is 9. The summed E-state index contributed by atoms with van der Waals surface area (Å²) in [7, 11) is 3.05. The minimum atomic E-state index is -0.605. The smallest absolute Gasteiger partial charge is 0.287 e. The summed E-state index contributed by atoms with van der Waals surface area (Å²) >= 11 is 0. The topological polar surface area (TPSA) is 107 Å². The van der Waals surface area contributed by atoms with E-state index >= 15 is 0 Å². The van der Waals surface area contributed by atoms with Crippen LogP contribution in [0.4, 0.5) is 0 Å². The first-order chi connectivity index (χ1) is 18.1. The van der Waals surface area contributed by atoms with Crippen LogP contribution in [0.2, 0.25) is 0 Å². The molecule has 188 valence electrons. The average molecular weight is 500 g/mol. The molecule has 0 spiro atoms. The van der Waals surface area contributed by atoms with Crippen LogP contribution in [0.25, 0.3) is 12.2 Å². The molecule has 0 aromatic heterocycles. The molecule has 0 unspecified atom stereocenters. The van der Waals surface area contributed by atoms with E-state index in [1.807, 2.05) is 18.2 Å². The third-order valence-corrected chi connectivity index (χ3v) is 5.26. The zero-order valence-corrected chi connectivity index (χ0v) is 20.3. The Hall–Kier alpha value is -5.05. The second-order valence-corrected chi connectivity index (χ2v) is 7.68. The van der Waals surface area contributed by atoms with Crippen LogP contribution in [0.15, 0.2) is 83.6 Å². The molecule has 0 fully saturated rings. The van der Waals surface area contributed by atoms with Gasteiger partial charge in [0.25, 0.3) is 11.8 Å². The summed E-state index contributed by atoms with van der Waals surface area (Å²) in [4.78, 5) is 25.7. The Balaban J connectivity index is 1.49. The molecule has 1 heterocycles. The molecule has 3 aromatic carbocycles. The van der Waals surface area contributed by atoms with Gasteiger partial charge >= 0.3 is 0 Å². The van der Waals surface area contributed by atoms with Crippen molar-refractivity contribution in [2.24, 2.45) is 5.10 Å². The van der Waals surface area contributed by atoms with Gasteiger partial charge in [-0.15, -0.1) is 0 Å². The highest BCUT2D eigenvalue weighted by molar-refractivity contribution is 6.05. The molecular formula is C28H25N3O6. The molecule has 1 aliphatic rings. The molecule has 0 saturated carbocycles. The van der Waals surface area contributed by atoms with E-state index in [0.29, 0.717) is 34.1 Å². The lowest BCUT2D eigenvalue weighted by molar-refractivity contribution is -0.117. The predicted octanol–water partition coefficient (Wildman–Crippen LogP) is 4.02. The van der Waals surface area contributed by atoms with Crippen molar-refractivity contribution >= 4 is 30.2 Å². The van der Waals surface area contributed by atoms with Crippen molar-refractivity contribution in [2.75, 3.05) is 21.0 Å². The van der Waals surface area contributed by atoms with Gasteiger partial charge in [0.05, 0.1) is 14.2 Å². The van der Waals surface area contributed by atoms with Crippen LogP contribution < -0.4 is 29.7 Å². The maximum absolute atomic E-state index is 12.9. The molecule has 0 aliphatic carbocycles. The first-order valence-electron chi connectivity index (χ1n) is 11.3. The highest BCUT2D eigenvalue weighted by Gasteiger charge is 2.15. The Bertz CT molecular complexity index is 1370. The molecule has 0 saturated heterocycles. The van der Waals surface area contributed by atoms with Crippen LogP contribution in [0.5, 0.6) is 23.0 Å². The number of fused-ring (bicyclic) bond motifs is 1. The number of hydrogen-bond donors (Lipinski definition) is 2. The Morgan fingerprint density at radius 2 is 1.65 bits per heavy atom. The molecule has 37 heavy (non-hydrogen) atoms. The number of nitrogens with one attached hydrogen (secondary N) is 2. The number of carbonyl (C=O) groups excluding carboxylic acids is 2. The Labute approximate surface area is 214 Å². The lowest BCUT2D eigenvalue weighted by Gasteiger charge is -2.11. The number of carbonyl (C=O) groups is 2. The minimum absolute atomic E-state index is 0.00188. The number of benzene rings is 3. The third kappa shape index (κ3) is 6.55. The van der Waals surface area contributed by atoms with Crippen LogP contribution >= 0.6 is 0 Å². The summed E-state index contributed by atoms with van der Waals surface area (Å²) in [5.41, 5.74) is 4.33. The van der Waals surface area contributed by atoms with Crippen molar-refractivity contribution in [2.45, 2.75) is 0 Å². The summed E-state index contributed by atoms with van der Waals surface area (Å²) in [6, 6.07) is 19.3. The molecule has 2 amide bonds. The zero-order valence-electron chi connectivity index (χ0n) is 20.3. The number of hydrazone groups is 1. The second-order valence-electron chi connectivity index (χ2n) is 7.68. The van der Waals surface area contributed by atoms with E-state index < -0.39 is 11.8 Å². The number of ether oxygens (including phenoxy) is 4. The van der Waals surface area contributed by atoms with Crippen LogP contribution in [0, 0.1) is 0 Å². The maximum atomic E-state index is 12.9. The van der Waals surface area contributed by atoms with Gasteiger partial charge in [-0.3, -0.25) is 9.59 Å². The van der Waals surface area contributed by atoms with E-state index in [1.54, 1.807) is 60.7 Å². The summed E-state index contributed by atoms with van der Waals surface area (Å²) < 4.78 is 21.3. The van der Waals surface area contributed by atoms with Gasteiger partial charge in [-0.25, -0.2) is 5.43 Å². The zero-order chi connectivity index (χ0) is 26.0. The van der Waals surface area contributed by atoms with E-state index in [9.17, 15) is 9.59 Å². The Morgan fingerprint density at radius 1 is 0.892 bits per heavy atom. The van der Waals surface area contributed by atoms with Crippen molar-refractivity contribution in [1.29, 1.82) is 0 Å². The van der Waals surface area contributed by atoms with E-state index in [1.165, 1.54) is 26.5 Å². The Kier molecular flexibility index (Phi) is 8.18. The third-order valence-electron chi connectivity index (χ3n) is 5.26. The first kappa shape index (κ1) is 25.1. The molecule has 9 heteroatoms.